The molecule has 0 spiro atoms. The van der Waals surface area contributed by atoms with E-state index in [9.17, 15) is 0 Å². The van der Waals surface area contributed by atoms with Gasteiger partial charge in [-0.25, -0.2) is 4.98 Å². The highest BCUT2D eigenvalue weighted by atomic mass is 16.5. The predicted octanol–water partition coefficient (Wildman–Crippen LogP) is 3.80. The summed E-state index contributed by atoms with van der Waals surface area (Å²) in [5.41, 5.74) is 5.92. The second-order valence-corrected chi connectivity index (χ2v) is 9.04. The van der Waals surface area contributed by atoms with Crippen LogP contribution >= 0.6 is 0 Å². The summed E-state index contributed by atoms with van der Waals surface area (Å²) < 4.78 is 6.04. The van der Waals surface area contributed by atoms with Crippen molar-refractivity contribution >= 4 is 11.0 Å². The van der Waals surface area contributed by atoms with E-state index in [1.165, 1.54) is 0 Å². The van der Waals surface area contributed by atoms with Gasteiger partial charge in [0.05, 0.1) is 28.6 Å². The van der Waals surface area contributed by atoms with Crippen LogP contribution in [0.5, 0.6) is 5.75 Å². The molecule has 8 nitrogen and oxygen atoms in total. The number of rotatable bonds is 7. The van der Waals surface area contributed by atoms with E-state index in [2.05, 4.69) is 43.8 Å². The fraction of sp³-hybridized carbons (Fsp3) is 0.385. The van der Waals surface area contributed by atoms with Gasteiger partial charge >= 0.3 is 0 Å². The molecule has 0 bridgehead atoms. The molecule has 1 N–H and O–H groups in total. The Kier molecular flexibility index (Phi) is 6.51. The number of aromatic amines is 1. The molecule has 4 aromatic rings. The molecule has 0 saturated carbocycles. The van der Waals surface area contributed by atoms with Gasteiger partial charge in [-0.05, 0) is 45.0 Å². The molecule has 5 heterocycles. The van der Waals surface area contributed by atoms with Crippen molar-refractivity contribution in [3.05, 3.63) is 54.5 Å². The van der Waals surface area contributed by atoms with Crippen LogP contribution in [0.2, 0.25) is 0 Å². The van der Waals surface area contributed by atoms with E-state index in [1.807, 2.05) is 49.5 Å². The Hall–Kier alpha value is -3.36. The van der Waals surface area contributed by atoms with Crippen LogP contribution in [0.3, 0.4) is 0 Å². The zero-order valence-electron chi connectivity index (χ0n) is 20.0. The summed E-state index contributed by atoms with van der Waals surface area (Å²) in [4.78, 5) is 19.0. The van der Waals surface area contributed by atoms with Crippen molar-refractivity contribution in [2.24, 2.45) is 0 Å². The first kappa shape index (κ1) is 22.4. The van der Waals surface area contributed by atoms with Gasteiger partial charge < -0.3 is 4.74 Å². The molecule has 1 fully saturated rings. The highest BCUT2D eigenvalue weighted by molar-refractivity contribution is 5.83. The van der Waals surface area contributed by atoms with Gasteiger partial charge in [0, 0.05) is 62.3 Å². The molecule has 5 rings (SSSR count). The monoisotopic (exact) mass is 457 g/mol. The van der Waals surface area contributed by atoms with E-state index in [4.69, 9.17) is 9.72 Å². The summed E-state index contributed by atoms with van der Waals surface area (Å²) in [6.07, 6.45) is 3.64. The van der Waals surface area contributed by atoms with Gasteiger partial charge in [-0.3, -0.25) is 24.9 Å². The van der Waals surface area contributed by atoms with E-state index in [1.54, 1.807) is 6.20 Å². The topological polar surface area (TPSA) is 83.1 Å². The average Bonchev–Trinajstić information content (AvgIpc) is 3.34. The summed E-state index contributed by atoms with van der Waals surface area (Å²) in [5.74, 6) is 0.741. The standard InChI is InChI=1S/C26H31N7O/c1-18(2)33-11-9-32(10-12-33)13-14-34-20-15-25-23(27-16-20)8-7-22(30-25)21-17-28-31-26(21)24-6-4-5-19(3)29-24/h4-8,15-18H,9-14H2,1-3H3,(H,28,31). The second kappa shape index (κ2) is 9.87. The highest BCUT2D eigenvalue weighted by Crippen LogP contribution is 2.29. The lowest BCUT2D eigenvalue weighted by Crippen LogP contribution is -2.49. The average molecular weight is 458 g/mol. The Morgan fingerprint density at radius 3 is 2.65 bits per heavy atom. The Morgan fingerprint density at radius 1 is 1.00 bits per heavy atom. The van der Waals surface area contributed by atoms with E-state index in [-0.39, 0.29) is 0 Å². The SMILES string of the molecule is Cc1cccc(-c2n[nH]cc2-c2ccc3ncc(OCCN4CCN(C(C)C)CC4)cc3n2)n1. The molecule has 0 atom stereocenters. The third kappa shape index (κ3) is 4.93. The summed E-state index contributed by atoms with van der Waals surface area (Å²) in [5, 5.41) is 7.39. The van der Waals surface area contributed by atoms with Crippen molar-refractivity contribution in [1.82, 2.24) is 34.9 Å². The van der Waals surface area contributed by atoms with Crippen molar-refractivity contribution in [3.8, 4) is 28.4 Å². The van der Waals surface area contributed by atoms with E-state index >= 15 is 0 Å². The number of hydrogen-bond donors (Lipinski definition) is 1. The maximum absolute atomic E-state index is 6.04. The number of nitrogens with zero attached hydrogens (tertiary/aromatic N) is 6. The van der Waals surface area contributed by atoms with Gasteiger partial charge in [0.1, 0.15) is 18.1 Å². The minimum atomic E-state index is 0.616. The third-order valence-electron chi connectivity index (χ3n) is 6.37. The molecule has 0 aliphatic carbocycles. The predicted molar refractivity (Wildman–Crippen MR) is 134 cm³/mol. The van der Waals surface area contributed by atoms with Crippen LogP contribution < -0.4 is 4.74 Å². The molecule has 8 heteroatoms. The maximum Gasteiger partial charge on any atom is 0.139 e. The Bertz CT molecular complexity index is 1260. The van der Waals surface area contributed by atoms with Gasteiger partial charge in [0.15, 0.2) is 0 Å². The Labute approximate surface area is 200 Å². The number of piperazine rings is 1. The van der Waals surface area contributed by atoms with Crippen LogP contribution in [-0.4, -0.2) is 80.3 Å². The Balaban J connectivity index is 1.28. The molecular formula is C26H31N7O. The van der Waals surface area contributed by atoms with Crippen molar-refractivity contribution < 1.29 is 4.74 Å². The molecule has 176 valence electrons. The second-order valence-electron chi connectivity index (χ2n) is 9.04. The molecule has 1 saturated heterocycles. The molecule has 0 amide bonds. The van der Waals surface area contributed by atoms with E-state index < -0.39 is 0 Å². The first-order valence-electron chi connectivity index (χ1n) is 11.9. The number of aryl methyl sites for hydroxylation is 1. The number of pyridine rings is 3. The zero-order valence-corrected chi connectivity index (χ0v) is 20.0. The van der Waals surface area contributed by atoms with Gasteiger partial charge in [-0.15, -0.1) is 0 Å². The lowest BCUT2D eigenvalue weighted by atomic mass is 10.1. The molecule has 1 aliphatic heterocycles. The third-order valence-corrected chi connectivity index (χ3v) is 6.37. The quantitative estimate of drug-likeness (QED) is 0.452. The molecule has 0 radical (unpaired) electrons. The van der Waals surface area contributed by atoms with Crippen LogP contribution in [0.25, 0.3) is 33.7 Å². The summed E-state index contributed by atoms with van der Waals surface area (Å²) in [6.45, 7) is 12.5. The minimum Gasteiger partial charge on any atom is -0.491 e. The molecule has 0 aromatic carbocycles. The normalized spacial score (nSPS) is 15.3. The van der Waals surface area contributed by atoms with Crippen LogP contribution in [0.4, 0.5) is 0 Å². The van der Waals surface area contributed by atoms with Crippen molar-refractivity contribution in [2.45, 2.75) is 26.8 Å². The van der Waals surface area contributed by atoms with E-state index in [0.29, 0.717) is 12.6 Å². The minimum absolute atomic E-state index is 0.616. The lowest BCUT2D eigenvalue weighted by Gasteiger charge is -2.36. The van der Waals surface area contributed by atoms with Crippen LogP contribution in [0.15, 0.2) is 48.8 Å². The lowest BCUT2D eigenvalue weighted by molar-refractivity contribution is 0.0971. The highest BCUT2D eigenvalue weighted by Gasteiger charge is 2.18. The number of nitrogens with one attached hydrogen (secondary N) is 1. The number of fused-ring (bicyclic) bond motifs is 1. The Morgan fingerprint density at radius 2 is 1.85 bits per heavy atom. The van der Waals surface area contributed by atoms with Crippen LogP contribution in [-0.2, 0) is 0 Å². The smallest absolute Gasteiger partial charge is 0.139 e. The molecule has 4 aromatic heterocycles. The number of H-pyrrole nitrogens is 1. The molecular weight excluding hydrogens is 426 g/mol. The fourth-order valence-electron chi connectivity index (χ4n) is 4.37. The van der Waals surface area contributed by atoms with Gasteiger partial charge in [-0.2, -0.15) is 5.10 Å². The summed E-state index contributed by atoms with van der Waals surface area (Å²) >= 11 is 0. The van der Waals surface area contributed by atoms with Gasteiger partial charge in [0.25, 0.3) is 0 Å². The van der Waals surface area contributed by atoms with Crippen LogP contribution in [0.1, 0.15) is 19.5 Å². The zero-order chi connectivity index (χ0) is 23.5. The van der Waals surface area contributed by atoms with Crippen molar-refractivity contribution in [2.75, 3.05) is 39.3 Å². The van der Waals surface area contributed by atoms with Gasteiger partial charge in [0.2, 0.25) is 0 Å². The largest absolute Gasteiger partial charge is 0.491 e. The number of hydrogen-bond acceptors (Lipinski definition) is 7. The molecule has 1 aliphatic rings. The number of ether oxygens (including phenoxy) is 1. The maximum atomic E-state index is 6.04. The first-order valence-corrected chi connectivity index (χ1v) is 11.9. The summed E-state index contributed by atoms with van der Waals surface area (Å²) in [6, 6.07) is 12.5. The van der Waals surface area contributed by atoms with Crippen molar-refractivity contribution in [1.29, 1.82) is 0 Å². The van der Waals surface area contributed by atoms with Crippen LogP contribution in [0, 0.1) is 6.92 Å². The fourth-order valence-corrected chi connectivity index (χ4v) is 4.37. The van der Waals surface area contributed by atoms with E-state index in [0.717, 1.165) is 77.8 Å². The van der Waals surface area contributed by atoms with Gasteiger partial charge in [-0.1, -0.05) is 6.07 Å². The van der Waals surface area contributed by atoms with Crippen molar-refractivity contribution in [3.63, 3.8) is 0 Å². The molecule has 34 heavy (non-hydrogen) atoms. The first-order chi connectivity index (χ1) is 16.6. The summed E-state index contributed by atoms with van der Waals surface area (Å²) in [7, 11) is 0. The molecule has 0 unspecified atom stereocenters. The number of aromatic nitrogens is 5.